The zero-order valence-electron chi connectivity index (χ0n) is 28.7. The number of rotatable bonds is 6. The Morgan fingerprint density at radius 1 is 0.960 bits per heavy atom. The molecule has 266 valence electrons. The van der Waals surface area contributed by atoms with Gasteiger partial charge in [0.1, 0.15) is 6.04 Å². The number of piperazine rings is 1. The summed E-state index contributed by atoms with van der Waals surface area (Å²) >= 11 is 6.14. The van der Waals surface area contributed by atoms with Crippen molar-refractivity contribution >= 4 is 40.8 Å². The average Bonchev–Trinajstić information content (AvgIpc) is 3.39. The molecule has 2 unspecified atom stereocenters. The highest BCUT2D eigenvalue weighted by atomic mass is 35.5. The van der Waals surface area contributed by atoms with Gasteiger partial charge in [-0.05, 0) is 78.0 Å². The molecule has 3 fully saturated rings. The lowest BCUT2D eigenvalue weighted by Crippen LogP contribution is -2.62. The molecule has 0 spiro atoms. The van der Waals surface area contributed by atoms with E-state index in [-0.39, 0.29) is 49.1 Å². The van der Waals surface area contributed by atoms with Crippen molar-refractivity contribution in [2.45, 2.75) is 83.5 Å². The summed E-state index contributed by atoms with van der Waals surface area (Å²) in [5.74, 6) is -4.01. The zero-order chi connectivity index (χ0) is 35.4. The first kappa shape index (κ1) is 34.8. The molecule has 1 aliphatic carbocycles. The van der Waals surface area contributed by atoms with Crippen LogP contribution >= 0.6 is 11.6 Å². The summed E-state index contributed by atoms with van der Waals surface area (Å²) in [4.78, 5) is 58.0. The van der Waals surface area contributed by atoms with Gasteiger partial charge in [0, 0.05) is 68.4 Å². The maximum Gasteiger partial charge on any atom is 0.275 e. The van der Waals surface area contributed by atoms with Crippen molar-refractivity contribution < 1.29 is 28.0 Å². The van der Waals surface area contributed by atoms with Crippen molar-refractivity contribution in [2.24, 2.45) is 5.41 Å². The normalized spacial score (nSPS) is 25.9. The highest BCUT2D eigenvalue weighted by molar-refractivity contribution is 6.30. The minimum Gasteiger partial charge on any atom is -0.336 e. The molecule has 12 heteroatoms. The van der Waals surface area contributed by atoms with Gasteiger partial charge in [-0.2, -0.15) is 0 Å². The van der Waals surface area contributed by atoms with Crippen LogP contribution in [0.1, 0.15) is 79.4 Å². The van der Waals surface area contributed by atoms with Crippen LogP contribution in [-0.4, -0.2) is 101 Å². The van der Waals surface area contributed by atoms with Gasteiger partial charge in [0.05, 0.1) is 12.6 Å². The Hall–Kier alpha value is -3.67. The Morgan fingerprint density at radius 2 is 1.70 bits per heavy atom. The molecule has 1 N–H and O–H groups in total. The smallest absolute Gasteiger partial charge is 0.275 e. The van der Waals surface area contributed by atoms with Gasteiger partial charge in [0.2, 0.25) is 17.7 Å². The van der Waals surface area contributed by atoms with Crippen LogP contribution in [0.4, 0.5) is 8.78 Å². The second-order valence-corrected chi connectivity index (χ2v) is 15.7. The van der Waals surface area contributed by atoms with E-state index in [0.29, 0.717) is 56.2 Å². The Labute approximate surface area is 296 Å². The molecule has 9 nitrogen and oxygen atoms in total. The van der Waals surface area contributed by atoms with Crippen molar-refractivity contribution in [3.05, 3.63) is 75.3 Å². The number of fused-ring (bicyclic) bond motifs is 1. The molecular weight excluding hydrogens is 664 g/mol. The summed E-state index contributed by atoms with van der Waals surface area (Å²) in [5, 5.41) is 2.96. The number of likely N-dealkylation sites (tertiary alicyclic amines) is 1. The van der Waals surface area contributed by atoms with Crippen LogP contribution in [0.3, 0.4) is 0 Å². The number of hydrogen-bond donors (Lipinski definition) is 1. The molecule has 4 heterocycles. The Balaban J connectivity index is 0.957. The van der Waals surface area contributed by atoms with Gasteiger partial charge in [-0.15, -0.1) is 0 Å². The van der Waals surface area contributed by atoms with Crippen molar-refractivity contribution in [3.63, 3.8) is 0 Å². The topological polar surface area (TPSA) is 93.3 Å². The van der Waals surface area contributed by atoms with Gasteiger partial charge in [0.25, 0.3) is 11.8 Å². The minimum atomic E-state index is -2.95. The van der Waals surface area contributed by atoms with Crippen molar-refractivity contribution in [3.8, 4) is 0 Å². The van der Waals surface area contributed by atoms with Crippen LogP contribution in [0, 0.1) is 5.41 Å². The molecule has 0 saturated carbocycles. The summed E-state index contributed by atoms with van der Waals surface area (Å²) in [5.41, 5.74) is 5.01. The number of amides is 4. The predicted molar refractivity (Wildman–Crippen MR) is 185 cm³/mol. The largest absolute Gasteiger partial charge is 0.336 e. The van der Waals surface area contributed by atoms with Gasteiger partial charge in [-0.1, -0.05) is 49.7 Å². The molecule has 50 heavy (non-hydrogen) atoms. The number of hydrogen-bond acceptors (Lipinski definition) is 6. The average molecular weight is 708 g/mol. The first-order chi connectivity index (χ1) is 23.8. The Kier molecular flexibility index (Phi) is 9.36. The zero-order valence-corrected chi connectivity index (χ0v) is 29.4. The Bertz CT molecular complexity index is 1740. The third-order valence-corrected chi connectivity index (χ3v) is 11.5. The second kappa shape index (κ2) is 13.5. The van der Waals surface area contributed by atoms with Gasteiger partial charge < -0.3 is 9.80 Å². The fourth-order valence-electron chi connectivity index (χ4n) is 8.42. The lowest BCUT2D eigenvalue weighted by Gasteiger charge is -2.46. The molecule has 0 radical (unpaired) electrons. The molecule has 2 aromatic rings. The number of benzene rings is 2. The fourth-order valence-corrected chi connectivity index (χ4v) is 8.55. The van der Waals surface area contributed by atoms with Crippen LogP contribution < -0.4 is 5.32 Å². The van der Waals surface area contributed by atoms with E-state index >= 15 is 8.78 Å². The van der Waals surface area contributed by atoms with E-state index in [1.165, 1.54) is 4.90 Å². The van der Waals surface area contributed by atoms with Crippen molar-refractivity contribution in [1.29, 1.82) is 0 Å². The van der Waals surface area contributed by atoms with E-state index in [0.717, 1.165) is 40.7 Å². The number of allylic oxidation sites excluding steroid dienone is 1. The number of halogens is 3. The summed E-state index contributed by atoms with van der Waals surface area (Å²) in [7, 11) is 0. The number of piperidine rings is 2. The van der Waals surface area contributed by atoms with Gasteiger partial charge >= 0.3 is 0 Å². The molecule has 4 amide bonds. The maximum absolute atomic E-state index is 15.8. The van der Waals surface area contributed by atoms with Crippen LogP contribution in [0.2, 0.25) is 5.02 Å². The van der Waals surface area contributed by atoms with Crippen molar-refractivity contribution in [2.75, 3.05) is 39.3 Å². The summed E-state index contributed by atoms with van der Waals surface area (Å²) < 4.78 is 31.6. The first-order valence-corrected chi connectivity index (χ1v) is 18.0. The third-order valence-electron chi connectivity index (χ3n) is 11.2. The standard InChI is InChI=1S/C38H44ClF2N5O4/c1-37(2)13-11-28(30(20-37)25-5-7-27(39)8-6-25)35(49)45-17-15-44(16-18-45)32-12-14-43(23-38(32,40)41)21-24-3-4-26-22-46(36(50)29(26)19-24)31-9-10-33(47)42-34(31)48/h3-8,19,31-32H,9-18,20-23H2,1-2H3,(H,42,47,48). The fraction of sp³-hybridized carbons (Fsp3) is 0.526. The number of alkyl halides is 2. The Morgan fingerprint density at radius 3 is 2.40 bits per heavy atom. The second-order valence-electron chi connectivity index (χ2n) is 15.3. The van der Waals surface area contributed by atoms with Crippen LogP contribution in [-0.2, 0) is 27.5 Å². The molecular formula is C38H44ClF2N5O4. The van der Waals surface area contributed by atoms with Crippen LogP contribution in [0.5, 0.6) is 0 Å². The first-order valence-electron chi connectivity index (χ1n) is 17.7. The maximum atomic E-state index is 15.8. The van der Waals surface area contributed by atoms with E-state index in [1.807, 2.05) is 46.2 Å². The highest BCUT2D eigenvalue weighted by Crippen LogP contribution is 2.44. The molecule has 2 atom stereocenters. The molecule has 5 aliphatic rings. The van der Waals surface area contributed by atoms with E-state index in [2.05, 4.69) is 19.2 Å². The van der Waals surface area contributed by atoms with Crippen LogP contribution in [0.15, 0.2) is 48.0 Å². The highest BCUT2D eigenvalue weighted by Gasteiger charge is 2.48. The van der Waals surface area contributed by atoms with E-state index in [4.69, 9.17) is 11.6 Å². The monoisotopic (exact) mass is 707 g/mol. The van der Waals surface area contributed by atoms with Gasteiger partial charge in [0.15, 0.2) is 0 Å². The lowest BCUT2D eigenvalue weighted by atomic mass is 9.72. The summed E-state index contributed by atoms with van der Waals surface area (Å²) in [6.45, 7) is 6.73. The summed E-state index contributed by atoms with van der Waals surface area (Å²) in [6, 6.07) is 11.5. The molecule has 4 aliphatic heterocycles. The quantitative estimate of drug-likeness (QED) is 0.420. The number of carbonyl (C=O) groups excluding carboxylic acids is 4. The molecule has 0 aromatic heterocycles. The predicted octanol–water partition coefficient (Wildman–Crippen LogP) is 5.12. The SMILES string of the molecule is CC1(C)CCC(C(=O)N2CCN(C3CCN(Cc4ccc5c(c4)C(=O)N(C4CCC(=O)NC4=O)C5)CC3(F)F)CC2)=C(c2ccc(Cl)cc2)C1. The third kappa shape index (κ3) is 6.96. The van der Waals surface area contributed by atoms with Gasteiger partial charge in [-0.25, -0.2) is 8.78 Å². The number of nitrogens with one attached hydrogen (secondary N) is 1. The van der Waals surface area contributed by atoms with Crippen LogP contribution in [0.25, 0.3) is 5.57 Å². The molecule has 2 aromatic carbocycles. The molecule has 0 bridgehead atoms. The minimum absolute atomic E-state index is 0.0136. The number of nitrogens with zero attached hydrogens (tertiary/aromatic N) is 4. The lowest BCUT2D eigenvalue weighted by molar-refractivity contribution is -0.142. The van der Waals surface area contributed by atoms with E-state index in [9.17, 15) is 19.2 Å². The summed E-state index contributed by atoms with van der Waals surface area (Å²) in [6.07, 6.45) is 3.17. The van der Waals surface area contributed by atoms with Crippen molar-refractivity contribution in [1.82, 2.24) is 24.9 Å². The number of imide groups is 1. The van der Waals surface area contributed by atoms with Gasteiger partial charge in [-0.3, -0.25) is 34.3 Å². The molecule has 3 saturated heterocycles. The van der Waals surface area contributed by atoms with E-state index in [1.54, 1.807) is 11.0 Å². The van der Waals surface area contributed by atoms with E-state index < -0.39 is 30.5 Å². The molecule has 7 rings (SSSR count). The number of carbonyl (C=O) groups is 4.